The Balaban J connectivity index is 1.86. The van der Waals surface area contributed by atoms with Crippen molar-refractivity contribution in [3.05, 3.63) is 120 Å². The number of benzene rings is 4. The number of fused-ring (bicyclic) bond motifs is 1. The standard InChI is InChI=1S/C30H30BrOP/c1-23(24-19-20-29-28(21-24)30(2,3)22-32-29)33(31,25-13-7-4-8-14-25,26-15-9-5-10-16-26)27-17-11-6-12-18-27/h4-21,23H,22H2,1-3H3. The van der Waals surface area contributed by atoms with Gasteiger partial charge in [0, 0.05) is 0 Å². The van der Waals surface area contributed by atoms with Crippen LogP contribution in [0.25, 0.3) is 0 Å². The Bertz CT molecular complexity index is 1170. The van der Waals surface area contributed by atoms with Crippen molar-refractivity contribution in [1.82, 2.24) is 0 Å². The summed E-state index contributed by atoms with van der Waals surface area (Å²) in [5.74, 6) is 1.02. The molecule has 0 fully saturated rings. The van der Waals surface area contributed by atoms with E-state index in [9.17, 15) is 0 Å². The van der Waals surface area contributed by atoms with Gasteiger partial charge in [-0.05, 0) is 0 Å². The molecule has 0 radical (unpaired) electrons. The first kappa shape index (κ1) is 22.4. The zero-order valence-electron chi connectivity index (χ0n) is 19.4. The van der Waals surface area contributed by atoms with Crippen LogP contribution in [-0.4, -0.2) is 6.61 Å². The third-order valence-electron chi connectivity index (χ3n) is 7.31. The van der Waals surface area contributed by atoms with Crippen molar-refractivity contribution in [3.63, 3.8) is 0 Å². The zero-order valence-corrected chi connectivity index (χ0v) is 21.9. The van der Waals surface area contributed by atoms with E-state index >= 15 is 0 Å². The van der Waals surface area contributed by atoms with Gasteiger partial charge in [-0.3, -0.25) is 0 Å². The molecule has 4 aromatic carbocycles. The van der Waals surface area contributed by atoms with Gasteiger partial charge in [0.15, 0.2) is 0 Å². The molecule has 1 unspecified atom stereocenters. The fraction of sp³-hybridized carbons (Fsp3) is 0.200. The fourth-order valence-electron chi connectivity index (χ4n) is 5.35. The number of hydrogen-bond acceptors (Lipinski definition) is 1. The van der Waals surface area contributed by atoms with Crippen LogP contribution < -0.4 is 20.7 Å². The number of halogens is 1. The van der Waals surface area contributed by atoms with Gasteiger partial charge in [0.05, 0.1) is 0 Å². The molecule has 1 aliphatic rings. The van der Waals surface area contributed by atoms with Crippen molar-refractivity contribution < 1.29 is 4.74 Å². The molecule has 1 nitrogen and oxygen atoms in total. The van der Waals surface area contributed by atoms with E-state index in [-0.39, 0.29) is 11.1 Å². The van der Waals surface area contributed by atoms with Crippen molar-refractivity contribution in [3.8, 4) is 5.75 Å². The van der Waals surface area contributed by atoms with E-state index in [1.807, 2.05) is 0 Å². The Morgan fingerprint density at radius 3 is 1.64 bits per heavy atom. The number of ether oxygens (including phenoxy) is 1. The normalized spacial score (nSPS) is 16.8. The summed E-state index contributed by atoms with van der Waals surface area (Å²) in [7, 11) is 0. The second kappa shape index (κ2) is 8.12. The molecule has 5 rings (SSSR count). The molecule has 1 aliphatic heterocycles. The Kier molecular flexibility index (Phi) is 5.51. The monoisotopic (exact) mass is 516 g/mol. The molecule has 0 saturated carbocycles. The van der Waals surface area contributed by atoms with E-state index in [4.69, 9.17) is 4.74 Å². The Morgan fingerprint density at radius 1 is 0.727 bits per heavy atom. The molecule has 4 aromatic rings. The second-order valence-corrected chi connectivity index (χ2v) is 18.6. The molecule has 0 spiro atoms. The van der Waals surface area contributed by atoms with Crippen molar-refractivity contribution in [2.24, 2.45) is 0 Å². The molecule has 33 heavy (non-hydrogen) atoms. The third-order valence-corrected chi connectivity index (χ3v) is 18.5. The van der Waals surface area contributed by atoms with Crippen LogP contribution in [0, 0.1) is 0 Å². The summed E-state index contributed by atoms with van der Waals surface area (Å²) in [5, 5.41) is 0.912. The predicted molar refractivity (Wildman–Crippen MR) is 147 cm³/mol. The SMILES string of the molecule is CC(c1ccc2c(c1)C(C)(C)CO2)P(Br)(c1ccccc1)(c1ccccc1)c1ccccc1. The van der Waals surface area contributed by atoms with E-state index in [1.54, 1.807) is 0 Å². The molecule has 0 bridgehead atoms. The van der Waals surface area contributed by atoms with Crippen LogP contribution in [0.3, 0.4) is 0 Å². The van der Waals surface area contributed by atoms with Gasteiger partial charge in [-0.2, -0.15) is 0 Å². The minimum atomic E-state index is -3.10. The van der Waals surface area contributed by atoms with Crippen LogP contribution in [0.15, 0.2) is 109 Å². The van der Waals surface area contributed by atoms with Gasteiger partial charge in [0.2, 0.25) is 0 Å². The van der Waals surface area contributed by atoms with E-state index in [2.05, 4.69) is 145 Å². The zero-order chi connectivity index (χ0) is 23.1. The maximum atomic E-state index is 6.01. The van der Waals surface area contributed by atoms with Gasteiger partial charge in [-0.1, -0.05) is 0 Å². The van der Waals surface area contributed by atoms with Crippen LogP contribution >= 0.6 is 20.8 Å². The molecule has 0 amide bonds. The first-order valence-corrected chi connectivity index (χ1v) is 15.9. The molecule has 1 atom stereocenters. The summed E-state index contributed by atoms with van der Waals surface area (Å²) in [4.78, 5) is 0. The number of hydrogen-bond donors (Lipinski definition) is 0. The average molecular weight is 517 g/mol. The molecule has 0 N–H and O–H groups in total. The summed E-state index contributed by atoms with van der Waals surface area (Å²) < 4.78 is 6.01. The summed E-state index contributed by atoms with van der Waals surface area (Å²) in [6, 6.07) is 39.9. The van der Waals surface area contributed by atoms with Crippen molar-refractivity contribution in [1.29, 1.82) is 0 Å². The van der Waals surface area contributed by atoms with Crippen LogP contribution in [-0.2, 0) is 5.41 Å². The quantitative estimate of drug-likeness (QED) is 0.253. The van der Waals surface area contributed by atoms with Crippen molar-refractivity contribution >= 4 is 36.7 Å². The molecule has 3 heteroatoms. The minimum absolute atomic E-state index is 0.0140. The molecular formula is C30H30BrOP. The molecule has 0 saturated heterocycles. The van der Waals surface area contributed by atoms with Crippen molar-refractivity contribution in [2.75, 3.05) is 6.61 Å². The van der Waals surface area contributed by atoms with Gasteiger partial charge in [-0.25, -0.2) is 0 Å². The second-order valence-electron chi connectivity index (χ2n) is 9.68. The molecule has 168 valence electrons. The van der Waals surface area contributed by atoms with Crippen LogP contribution in [0.4, 0.5) is 0 Å². The van der Waals surface area contributed by atoms with Gasteiger partial charge in [0.25, 0.3) is 0 Å². The van der Waals surface area contributed by atoms with Crippen molar-refractivity contribution in [2.45, 2.75) is 31.8 Å². The van der Waals surface area contributed by atoms with E-state index < -0.39 is 5.31 Å². The topological polar surface area (TPSA) is 9.23 Å². The predicted octanol–water partition coefficient (Wildman–Crippen LogP) is 7.26. The molecule has 1 heterocycles. The summed E-state index contributed by atoms with van der Waals surface area (Å²) in [6.45, 7) is 7.66. The third kappa shape index (κ3) is 3.30. The average Bonchev–Trinajstić information content (AvgIpc) is 3.18. The van der Waals surface area contributed by atoms with E-state index in [1.165, 1.54) is 27.0 Å². The fourth-order valence-corrected chi connectivity index (χ4v) is 13.4. The van der Waals surface area contributed by atoms with Gasteiger partial charge in [-0.15, -0.1) is 0 Å². The van der Waals surface area contributed by atoms with Gasteiger partial charge < -0.3 is 0 Å². The van der Waals surface area contributed by atoms with Gasteiger partial charge in [0.1, 0.15) is 0 Å². The molecule has 0 aliphatic carbocycles. The van der Waals surface area contributed by atoms with E-state index in [0.717, 1.165) is 12.4 Å². The van der Waals surface area contributed by atoms with E-state index in [0.29, 0.717) is 0 Å². The summed E-state index contributed by atoms with van der Waals surface area (Å²) in [6.07, 6.45) is 0. The Labute approximate surface area is 205 Å². The van der Waals surface area contributed by atoms with Gasteiger partial charge >= 0.3 is 206 Å². The molecular weight excluding hydrogens is 487 g/mol. The summed E-state index contributed by atoms with van der Waals surface area (Å²) >= 11 is 4.63. The van der Waals surface area contributed by atoms with Crippen LogP contribution in [0.1, 0.15) is 37.6 Å². The Morgan fingerprint density at radius 2 is 1.18 bits per heavy atom. The first-order chi connectivity index (χ1) is 15.9. The van der Waals surface area contributed by atoms with Crippen LogP contribution in [0.5, 0.6) is 5.75 Å². The first-order valence-electron chi connectivity index (χ1n) is 11.5. The van der Waals surface area contributed by atoms with Crippen LogP contribution in [0.2, 0.25) is 0 Å². The Hall–Kier alpha value is -2.41. The maximum absolute atomic E-state index is 6.01. The molecule has 0 aromatic heterocycles. The summed E-state index contributed by atoms with van der Waals surface area (Å²) in [5.41, 5.74) is 2.85. The number of rotatable bonds is 5.